The summed E-state index contributed by atoms with van der Waals surface area (Å²) >= 11 is 0. The predicted octanol–water partition coefficient (Wildman–Crippen LogP) is 2.58. The number of hydrogen-bond donors (Lipinski definition) is 1. The van der Waals surface area contributed by atoms with E-state index in [2.05, 4.69) is 4.98 Å². The highest BCUT2D eigenvalue weighted by Gasteiger charge is 2.08. The van der Waals surface area contributed by atoms with Gasteiger partial charge in [0.2, 0.25) is 0 Å². The number of aromatic amines is 1. The van der Waals surface area contributed by atoms with Crippen molar-refractivity contribution in [2.45, 2.75) is 6.92 Å². The largest absolute Gasteiger partial charge is 0.422 e. The summed E-state index contributed by atoms with van der Waals surface area (Å²) in [7, 11) is 0. The minimum absolute atomic E-state index is 0.284. The molecule has 74 valence electrons. The Morgan fingerprint density at radius 3 is 2.87 bits per heavy atom. The number of nitrogens with one attached hydrogen (secondary N) is 1. The molecule has 0 radical (unpaired) electrons. The van der Waals surface area contributed by atoms with Crippen LogP contribution in [0, 0.1) is 6.92 Å². The lowest BCUT2D eigenvalue weighted by molar-refractivity contribution is 0.570. The summed E-state index contributed by atoms with van der Waals surface area (Å²) in [5.41, 5.74) is 2.16. The van der Waals surface area contributed by atoms with Gasteiger partial charge in [0, 0.05) is 11.1 Å². The molecule has 3 rings (SSSR count). The molecule has 0 aliphatic carbocycles. The maximum Gasteiger partial charge on any atom is 0.345 e. The van der Waals surface area contributed by atoms with Gasteiger partial charge < -0.3 is 9.40 Å². The van der Waals surface area contributed by atoms with Gasteiger partial charge in [0.25, 0.3) is 0 Å². The Balaban J connectivity index is 2.69. The van der Waals surface area contributed by atoms with Crippen molar-refractivity contribution in [3.63, 3.8) is 0 Å². The fraction of sp³-hybridized carbons (Fsp3) is 0.0833. The Bertz CT molecular complexity index is 706. The van der Waals surface area contributed by atoms with E-state index in [1.165, 1.54) is 0 Å². The maximum atomic E-state index is 11.6. The molecule has 0 amide bonds. The Labute approximate surface area is 85.3 Å². The first kappa shape index (κ1) is 8.29. The van der Waals surface area contributed by atoms with Crippen molar-refractivity contribution in [2.24, 2.45) is 0 Å². The van der Waals surface area contributed by atoms with Crippen molar-refractivity contribution in [2.75, 3.05) is 0 Å². The molecule has 0 saturated carbocycles. The van der Waals surface area contributed by atoms with Crippen LogP contribution < -0.4 is 5.63 Å². The summed E-state index contributed by atoms with van der Waals surface area (Å²) in [4.78, 5) is 14.8. The highest BCUT2D eigenvalue weighted by atomic mass is 16.4. The van der Waals surface area contributed by atoms with Crippen molar-refractivity contribution in [1.29, 1.82) is 0 Å². The van der Waals surface area contributed by atoms with Gasteiger partial charge in [-0.25, -0.2) is 4.79 Å². The number of para-hydroxylation sites is 1. The van der Waals surface area contributed by atoms with E-state index in [-0.39, 0.29) is 5.63 Å². The third kappa shape index (κ3) is 1.09. The molecule has 0 aliphatic heterocycles. The number of aromatic nitrogens is 1. The molecule has 2 aromatic heterocycles. The van der Waals surface area contributed by atoms with Crippen molar-refractivity contribution in [3.05, 3.63) is 46.4 Å². The smallest absolute Gasteiger partial charge is 0.345 e. The summed E-state index contributed by atoms with van der Waals surface area (Å²) in [5.74, 6) is 0. The lowest BCUT2D eigenvalue weighted by atomic mass is 10.2. The number of fused-ring (bicyclic) bond motifs is 3. The molecule has 1 aromatic carbocycles. The number of benzene rings is 1. The Hall–Kier alpha value is -2.03. The van der Waals surface area contributed by atoms with Crippen LogP contribution in [0.1, 0.15) is 5.69 Å². The molecule has 2 heterocycles. The first-order valence-corrected chi connectivity index (χ1v) is 4.77. The Morgan fingerprint density at radius 2 is 2.00 bits per heavy atom. The molecule has 0 bridgehead atoms. The molecule has 3 aromatic rings. The van der Waals surface area contributed by atoms with Crippen LogP contribution in [0.15, 0.2) is 39.5 Å². The van der Waals surface area contributed by atoms with Crippen LogP contribution in [-0.2, 0) is 0 Å². The lowest BCUT2D eigenvalue weighted by Crippen LogP contribution is -1.97. The average Bonchev–Trinajstić information content (AvgIpc) is 2.61. The molecule has 0 atom stereocenters. The predicted molar refractivity (Wildman–Crippen MR) is 59.1 cm³/mol. The van der Waals surface area contributed by atoms with E-state index in [1.807, 2.05) is 31.2 Å². The van der Waals surface area contributed by atoms with Crippen LogP contribution in [0.25, 0.3) is 21.9 Å². The third-order valence-electron chi connectivity index (χ3n) is 2.53. The normalized spacial score (nSPS) is 11.3. The van der Waals surface area contributed by atoms with E-state index in [4.69, 9.17) is 4.42 Å². The second-order valence-corrected chi connectivity index (χ2v) is 3.63. The van der Waals surface area contributed by atoms with Crippen molar-refractivity contribution < 1.29 is 4.42 Å². The average molecular weight is 199 g/mol. The van der Waals surface area contributed by atoms with Crippen LogP contribution in [0.5, 0.6) is 0 Å². The van der Waals surface area contributed by atoms with Gasteiger partial charge in [-0.3, -0.25) is 0 Å². The molecule has 15 heavy (non-hydrogen) atoms. The minimum Gasteiger partial charge on any atom is -0.422 e. The monoisotopic (exact) mass is 199 g/mol. The zero-order valence-electron chi connectivity index (χ0n) is 8.20. The zero-order valence-corrected chi connectivity index (χ0v) is 8.20. The summed E-state index contributed by atoms with van der Waals surface area (Å²) < 4.78 is 5.21. The minimum atomic E-state index is -0.284. The quantitative estimate of drug-likeness (QED) is 0.565. The van der Waals surface area contributed by atoms with Gasteiger partial charge in [-0.2, -0.15) is 0 Å². The maximum absolute atomic E-state index is 11.6. The van der Waals surface area contributed by atoms with Crippen LogP contribution in [-0.4, -0.2) is 4.98 Å². The summed E-state index contributed by atoms with van der Waals surface area (Å²) in [6.07, 6.45) is 0. The highest BCUT2D eigenvalue weighted by Crippen LogP contribution is 2.21. The number of hydrogen-bond acceptors (Lipinski definition) is 2. The molecular weight excluding hydrogens is 190 g/mol. The molecule has 0 fully saturated rings. The van der Waals surface area contributed by atoms with Gasteiger partial charge in [0.1, 0.15) is 5.58 Å². The van der Waals surface area contributed by atoms with Gasteiger partial charge in [-0.05, 0) is 25.1 Å². The molecule has 0 aliphatic rings. The van der Waals surface area contributed by atoms with Crippen molar-refractivity contribution >= 4 is 21.9 Å². The molecular formula is C12H9NO2. The van der Waals surface area contributed by atoms with E-state index in [9.17, 15) is 4.79 Å². The van der Waals surface area contributed by atoms with Crippen LogP contribution in [0.2, 0.25) is 0 Å². The van der Waals surface area contributed by atoms with E-state index < -0.39 is 0 Å². The third-order valence-corrected chi connectivity index (χ3v) is 2.53. The Morgan fingerprint density at radius 1 is 1.20 bits per heavy atom. The van der Waals surface area contributed by atoms with E-state index >= 15 is 0 Å². The molecule has 0 spiro atoms. The summed E-state index contributed by atoms with van der Waals surface area (Å²) in [6, 6.07) is 9.33. The summed E-state index contributed by atoms with van der Waals surface area (Å²) in [6.45, 7) is 1.92. The van der Waals surface area contributed by atoms with E-state index in [0.717, 1.165) is 16.6 Å². The zero-order chi connectivity index (χ0) is 10.4. The molecule has 0 saturated heterocycles. The first-order valence-electron chi connectivity index (χ1n) is 4.77. The molecule has 3 heteroatoms. The van der Waals surface area contributed by atoms with Crippen molar-refractivity contribution in [3.8, 4) is 0 Å². The van der Waals surface area contributed by atoms with Crippen LogP contribution in [0.3, 0.4) is 0 Å². The van der Waals surface area contributed by atoms with Gasteiger partial charge in [-0.1, -0.05) is 12.1 Å². The topological polar surface area (TPSA) is 46.0 Å². The van der Waals surface area contributed by atoms with Gasteiger partial charge in [0.05, 0.1) is 10.9 Å². The summed E-state index contributed by atoms with van der Waals surface area (Å²) in [5, 5.41) is 1.56. The number of rotatable bonds is 0. The standard InChI is InChI=1S/C12H9NO2/c1-7-6-9-11(13-7)8-4-2-3-5-10(8)15-12(9)14/h2-6,13H,1H3. The second kappa shape index (κ2) is 2.73. The number of H-pyrrole nitrogens is 1. The van der Waals surface area contributed by atoms with Gasteiger partial charge in [0.15, 0.2) is 0 Å². The van der Waals surface area contributed by atoms with Gasteiger partial charge in [-0.15, -0.1) is 0 Å². The highest BCUT2D eigenvalue weighted by molar-refractivity contribution is 6.02. The molecule has 0 unspecified atom stereocenters. The van der Waals surface area contributed by atoms with Crippen LogP contribution >= 0.6 is 0 Å². The van der Waals surface area contributed by atoms with E-state index in [1.54, 1.807) is 6.07 Å². The second-order valence-electron chi connectivity index (χ2n) is 3.63. The molecule has 3 nitrogen and oxygen atoms in total. The number of aryl methyl sites for hydroxylation is 1. The van der Waals surface area contributed by atoms with Gasteiger partial charge >= 0.3 is 5.63 Å². The van der Waals surface area contributed by atoms with Crippen molar-refractivity contribution in [1.82, 2.24) is 4.98 Å². The Kier molecular flexibility index (Phi) is 1.51. The lowest BCUT2D eigenvalue weighted by Gasteiger charge is -1.96. The van der Waals surface area contributed by atoms with Crippen LogP contribution in [0.4, 0.5) is 0 Å². The fourth-order valence-electron chi connectivity index (χ4n) is 1.88. The fourth-order valence-corrected chi connectivity index (χ4v) is 1.88. The molecule has 1 N–H and O–H groups in total. The SMILES string of the molecule is Cc1cc2c(=O)oc3ccccc3c2[nH]1. The van der Waals surface area contributed by atoms with E-state index in [0.29, 0.717) is 11.0 Å². The first-order chi connectivity index (χ1) is 7.25.